The zero-order chi connectivity index (χ0) is 15.0. The van der Waals surface area contributed by atoms with Gasteiger partial charge in [-0.1, -0.05) is 41.5 Å². The Hall–Kier alpha value is -1.10. The van der Waals surface area contributed by atoms with Crippen molar-refractivity contribution in [1.29, 1.82) is 0 Å². The van der Waals surface area contributed by atoms with Gasteiger partial charge in [0.25, 0.3) is 0 Å². The van der Waals surface area contributed by atoms with Crippen molar-refractivity contribution < 1.29 is 14.7 Å². The van der Waals surface area contributed by atoms with Crippen molar-refractivity contribution in [2.24, 2.45) is 16.6 Å². The van der Waals surface area contributed by atoms with Gasteiger partial charge in [0, 0.05) is 12.0 Å². The number of carbonyl (C=O) groups excluding carboxylic acids is 2. The smallest absolute Gasteiger partial charge is 0.245 e. The van der Waals surface area contributed by atoms with Crippen molar-refractivity contribution in [3.63, 3.8) is 0 Å². The molecule has 0 spiro atoms. The molecule has 0 atom stereocenters. The molecule has 0 bridgehead atoms. The molecule has 0 heterocycles. The van der Waals surface area contributed by atoms with Crippen LogP contribution >= 0.6 is 0 Å². The molecule has 5 heteroatoms. The number of carbonyl (C=O) groups is 2. The van der Waals surface area contributed by atoms with Gasteiger partial charge in [-0.15, -0.1) is 0 Å². The normalized spacial score (nSPS) is 11.3. The van der Waals surface area contributed by atoms with Crippen LogP contribution in [-0.4, -0.2) is 30.1 Å². The van der Waals surface area contributed by atoms with Gasteiger partial charge in [-0.05, 0) is 11.8 Å². The topological polar surface area (TPSA) is 92.4 Å². The third-order valence-corrected chi connectivity index (χ3v) is 2.50. The first-order valence-corrected chi connectivity index (χ1v) is 6.28. The van der Waals surface area contributed by atoms with E-state index < -0.39 is 17.9 Å². The highest BCUT2D eigenvalue weighted by Crippen LogP contribution is 2.32. The van der Waals surface area contributed by atoms with Crippen molar-refractivity contribution in [2.75, 3.05) is 13.2 Å². The molecule has 2 amide bonds. The van der Waals surface area contributed by atoms with Crippen molar-refractivity contribution in [3.05, 3.63) is 0 Å². The Kier molecular flexibility index (Phi) is 8.64. The number of aliphatic hydroxyl groups is 1. The number of nitrogens with two attached hydrogens (primary N) is 1. The van der Waals surface area contributed by atoms with Crippen molar-refractivity contribution in [2.45, 2.75) is 48.0 Å². The average molecular weight is 260 g/mol. The lowest BCUT2D eigenvalue weighted by Crippen LogP contribution is -2.41. The van der Waals surface area contributed by atoms with Gasteiger partial charge in [0.1, 0.15) is 6.61 Å². The molecule has 0 fully saturated rings. The van der Waals surface area contributed by atoms with E-state index in [1.54, 1.807) is 13.8 Å². The van der Waals surface area contributed by atoms with E-state index in [0.717, 1.165) is 0 Å². The first-order chi connectivity index (χ1) is 8.10. The maximum Gasteiger partial charge on any atom is 0.245 e. The van der Waals surface area contributed by atoms with Crippen molar-refractivity contribution >= 4 is 11.8 Å². The van der Waals surface area contributed by atoms with E-state index in [2.05, 4.69) is 5.32 Å². The highest BCUT2D eigenvalue weighted by molar-refractivity contribution is 5.80. The number of nitrogens with one attached hydrogen (secondary N) is 1. The maximum atomic E-state index is 11.2. The van der Waals surface area contributed by atoms with Crippen LogP contribution in [0.15, 0.2) is 0 Å². The maximum absolute atomic E-state index is 11.2. The Bertz CT molecular complexity index is 273. The average Bonchev–Trinajstić information content (AvgIpc) is 2.27. The first kappa shape index (κ1) is 19.2. The summed E-state index contributed by atoms with van der Waals surface area (Å²) >= 11 is 0. The van der Waals surface area contributed by atoms with E-state index in [1.807, 2.05) is 27.7 Å². The molecule has 0 rings (SSSR count). The van der Waals surface area contributed by atoms with Gasteiger partial charge in [-0.3, -0.25) is 9.59 Å². The van der Waals surface area contributed by atoms with Gasteiger partial charge in [0.05, 0.1) is 0 Å². The Morgan fingerprint density at radius 3 is 1.94 bits per heavy atom. The monoisotopic (exact) mass is 260 g/mol. The summed E-state index contributed by atoms with van der Waals surface area (Å²) in [5.41, 5.74) is 4.44. The molecule has 0 saturated heterocycles. The lowest BCUT2D eigenvalue weighted by atomic mass is 9.74. The van der Waals surface area contributed by atoms with Crippen LogP contribution in [0, 0.1) is 10.8 Å². The zero-order valence-corrected chi connectivity index (χ0v) is 12.5. The lowest BCUT2D eigenvalue weighted by Gasteiger charge is -2.32. The standard InChI is InChI=1S/C11H22N2O3.C2H6/c1-10(2,7-13-8(15)5-14)6-11(3,4)9(12)16;1-2/h14H,5-7H2,1-4H3,(H2,12,16)(H,13,15);1-2H3. The van der Waals surface area contributed by atoms with Crippen LogP contribution in [0.5, 0.6) is 0 Å². The fraction of sp³-hybridized carbons (Fsp3) is 0.846. The number of rotatable bonds is 6. The second-order valence-corrected chi connectivity index (χ2v) is 5.52. The summed E-state index contributed by atoms with van der Waals surface area (Å²) in [6.07, 6.45) is 0.570. The Labute approximate surface area is 110 Å². The van der Waals surface area contributed by atoms with Crippen molar-refractivity contribution in [1.82, 2.24) is 5.32 Å². The van der Waals surface area contributed by atoms with Crippen LogP contribution in [0.1, 0.15) is 48.0 Å². The summed E-state index contributed by atoms with van der Waals surface area (Å²) in [4.78, 5) is 22.1. The molecule has 0 radical (unpaired) electrons. The minimum absolute atomic E-state index is 0.247. The molecule has 0 saturated carbocycles. The Morgan fingerprint density at radius 1 is 1.17 bits per heavy atom. The molecule has 0 aliphatic carbocycles. The summed E-state index contributed by atoms with van der Waals surface area (Å²) in [7, 11) is 0. The van der Waals surface area contributed by atoms with Crippen LogP contribution in [0.2, 0.25) is 0 Å². The minimum Gasteiger partial charge on any atom is -0.387 e. The third-order valence-electron chi connectivity index (χ3n) is 2.50. The second-order valence-electron chi connectivity index (χ2n) is 5.52. The van der Waals surface area contributed by atoms with Crippen LogP contribution in [0.3, 0.4) is 0 Å². The number of hydrogen-bond acceptors (Lipinski definition) is 3. The van der Waals surface area contributed by atoms with Crippen molar-refractivity contribution in [3.8, 4) is 0 Å². The molecule has 0 aromatic carbocycles. The van der Waals surface area contributed by atoms with Gasteiger partial charge in [0.15, 0.2) is 0 Å². The summed E-state index contributed by atoms with van der Waals surface area (Å²) in [6, 6.07) is 0. The van der Waals surface area contributed by atoms with E-state index in [1.165, 1.54) is 0 Å². The molecule has 108 valence electrons. The highest BCUT2D eigenvalue weighted by Gasteiger charge is 2.33. The first-order valence-electron chi connectivity index (χ1n) is 6.28. The minimum atomic E-state index is -0.604. The molecule has 18 heavy (non-hydrogen) atoms. The molecule has 0 aromatic rings. The van der Waals surface area contributed by atoms with Gasteiger partial charge < -0.3 is 16.2 Å². The third kappa shape index (κ3) is 8.06. The second kappa shape index (κ2) is 8.08. The summed E-state index contributed by atoms with van der Waals surface area (Å²) < 4.78 is 0. The van der Waals surface area contributed by atoms with E-state index in [-0.39, 0.29) is 11.3 Å². The lowest BCUT2D eigenvalue weighted by molar-refractivity contribution is -0.127. The number of primary amides is 1. The van der Waals surface area contributed by atoms with Gasteiger partial charge in [-0.25, -0.2) is 0 Å². The van der Waals surface area contributed by atoms with Crippen LogP contribution in [-0.2, 0) is 9.59 Å². The quantitative estimate of drug-likeness (QED) is 0.666. The summed E-state index contributed by atoms with van der Waals surface area (Å²) in [5, 5.41) is 11.2. The van der Waals surface area contributed by atoms with E-state index in [9.17, 15) is 9.59 Å². The molecule has 0 unspecified atom stereocenters. The largest absolute Gasteiger partial charge is 0.387 e. The summed E-state index contributed by atoms with van der Waals surface area (Å²) in [5.74, 6) is -0.765. The molecule has 4 N–H and O–H groups in total. The van der Waals surface area contributed by atoms with E-state index in [4.69, 9.17) is 10.8 Å². The zero-order valence-electron chi connectivity index (χ0n) is 12.5. The summed E-state index contributed by atoms with van der Waals surface area (Å²) in [6.45, 7) is 11.3. The van der Waals surface area contributed by atoms with Gasteiger partial charge in [-0.2, -0.15) is 0 Å². The molecule has 0 aromatic heterocycles. The molecule has 0 aliphatic heterocycles. The fourth-order valence-electron chi connectivity index (χ4n) is 1.74. The highest BCUT2D eigenvalue weighted by atomic mass is 16.3. The van der Waals surface area contributed by atoms with E-state index in [0.29, 0.717) is 13.0 Å². The molecule has 0 aliphatic rings. The number of amides is 2. The SMILES string of the molecule is CC.CC(C)(CNC(=O)CO)CC(C)(C)C(N)=O. The predicted octanol–water partition coefficient (Wildman–Crippen LogP) is 1.05. The molecular weight excluding hydrogens is 232 g/mol. The number of hydrogen-bond donors (Lipinski definition) is 3. The van der Waals surface area contributed by atoms with E-state index >= 15 is 0 Å². The van der Waals surface area contributed by atoms with Crippen LogP contribution < -0.4 is 11.1 Å². The predicted molar refractivity (Wildman–Crippen MR) is 72.8 cm³/mol. The van der Waals surface area contributed by atoms with Gasteiger partial charge >= 0.3 is 0 Å². The Morgan fingerprint density at radius 2 is 1.61 bits per heavy atom. The van der Waals surface area contributed by atoms with Crippen LogP contribution in [0.25, 0.3) is 0 Å². The fourth-order valence-corrected chi connectivity index (χ4v) is 1.74. The molecule has 5 nitrogen and oxygen atoms in total. The van der Waals surface area contributed by atoms with Gasteiger partial charge in [0.2, 0.25) is 11.8 Å². The number of aliphatic hydroxyl groups excluding tert-OH is 1. The Balaban J connectivity index is 0. The van der Waals surface area contributed by atoms with Crippen LogP contribution in [0.4, 0.5) is 0 Å². The molecular formula is C13H28N2O3.